The maximum atomic E-state index is 11.8. The van der Waals surface area contributed by atoms with Crippen molar-refractivity contribution in [1.82, 2.24) is 19.9 Å². The Morgan fingerprint density at radius 3 is 2.94 bits per heavy atom. The third-order valence-corrected chi connectivity index (χ3v) is 3.23. The summed E-state index contributed by atoms with van der Waals surface area (Å²) in [6, 6.07) is 5.45. The van der Waals surface area contributed by atoms with E-state index in [2.05, 4.69) is 15.5 Å². The molecule has 96 valence electrons. The minimum Gasteiger partial charge on any atom is -0.346 e. The number of pyridine rings is 1. The molecule has 0 saturated carbocycles. The van der Waals surface area contributed by atoms with E-state index in [9.17, 15) is 4.79 Å². The molecule has 0 radical (unpaired) electrons. The molecule has 0 saturated heterocycles. The van der Waals surface area contributed by atoms with Crippen molar-refractivity contribution in [3.05, 3.63) is 30.2 Å². The molecule has 2 heterocycles. The third-order valence-electron chi connectivity index (χ3n) is 2.77. The van der Waals surface area contributed by atoms with Crippen LogP contribution in [0.25, 0.3) is 5.65 Å². The van der Waals surface area contributed by atoms with Crippen LogP contribution in [0.5, 0.6) is 0 Å². The first kappa shape index (κ1) is 12.8. The van der Waals surface area contributed by atoms with Gasteiger partial charge in [-0.25, -0.2) is 0 Å². The summed E-state index contributed by atoms with van der Waals surface area (Å²) < 4.78 is 1.86. The number of aromatic nitrogens is 3. The van der Waals surface area contributed by atoms with Gasteiger partial charge in [-0.05, 0) is 19.1 Å². The molecule has 0 aliphatic rings. The SMILES string of the molecule is CC(CCl)C(=O)NC(C)c1nnc2ccccn12. The zero-order valence-corrected chi connectivity index (χ0v) is 11.1. The molecule has 0 fully saturated rings. The Hall–Kier alpha value is -1.62. The van der Waals surface area contributed by atoms with Crippen molar-refractivity contribution in [1.29, 1.82) is 0 Å². The molecule has 1 amide bonds. The fraction of sp³-hybridized carbons (Fsp3) is 0.417. The Morgan fingerprint density at radius 1 is 1.44 bits per heavy atom. The van der Waals surface area contributed by atoms with Crippen molar-refractivity contribution >= 4 is 23.2 Å². The number of carbonyl (C=O) groups excluding carboxylic acids is 1. The second kappa shape index (κ2) is 5.35. The lowest BCUT2D eigenvalue weighted by atomic mass is 10.2. The molecule has 0 aromatic carbocycles. The maximum absolute atomic E-state index is 11.8. The van der Waals surface area contributed by atoms with E-state index in [0.29, 0.717) is 11.7 Å². The number of hydrogen-bond acceptors (Lipinski definition) is 3. The average molecular weight is 267 g/mol. The van der Waals surface area contributed by atoms with Crippen molar-refractivity contribution in [3.63, 3.8) is 0 Å². The molecule has 0 aliphatic heterocycles. The van der Waals surface area contributed by atoms with Gasteiger partial charge in [0.1, 0.15) is 0 Å². The summed E-state index contributed by atoms with van der Waals surface area (Å²) in [6.45, 7) is 3.67. The van der Waals surface area contributed by atoms with E-state index in [1.165, 1.54) is 0 Å². The van der Waals surface area contributed by atoms with Crippen molar-refractivity contribution < 1.29 is 4.79 Å². The minimum absolute atomic E-state index is 0.0785. The van der Waals surface area contributed by atoms with Crippen molar-refractivity contribution in [2.75, 3.05) is 5.88 Å². The molecule has 0 bridgehead atoms. The number of hydrogen-bond donors (Lipinski definition) is 1. The van der Waals surface area contributed by atoms with Crippen LogP contribution in [0, 0.1) is 5.92 Å². The zero-order valence-electron chi connectivity index (χ0n) is 10.3. The Labute approximate surface area is 110 Å². The number of amides is 1. The van der Waals surface area contributed by atoms with Crippen molar-refractivity contribution in [3.8, 4) is 0 Å². The fourth-order valence-corrected chi connectivity index (χ4v) is 1.79. The van der Waals surface area contributed by atoms with Gasteiger partial charge in [-0.2, -0.15) is 0 Å². The number of fused-ring (bicyclic) bond motifs is 1. The van der Waals surface area contributed by atoms with Crippen LogP contribution in [-0.4, -0.2) is 26.4 Å². The van der Waals surface area contributed by atoms with Crippen LogP contribution in [0.4, 0.5) is 0 Å². The second-order valence-corrected chi connectivity index (χ2v) is 4.58. The summed E-state index contributed by atoms with van der Waals surface area (Å²) in [4.78, 5) is 11.8. The number of halogens is 1. The molecule has 5 nitrogen and oxygen atoms in total. The van der Waals surface area contributed by atoms with Crippen LogP contribution in [0.3, 0.4) is 0 Å². The van der Waals surface area contributed by atoms with E-state index >= 15 is 0 Å². The van der Waals surface area contributed by atoms with Crippen LogP contribution < -0.4 is 5.32 Å². The van der Waals surface area contributed by atoms with E-state index in [4.69, 9.17) is 11.6 Å². The van der Waals surface area contributed by atoms with Gasteiger partial charge in [-0.1, -0.05) is 13.0 Å². The molecule has 0 spiro atoms. The number of nitrogens with zero attached hydrogens (tertiary/aromatic N) is 3. The predicted octanol–water partition coefficient (Wildman–Crippen LogP) is 1.78. The van der Waals surface area contributed by atoms with Crippen molar-refractivity contribution in [2.45, 2.75) is 19.9 Å². The van der Waals surface area contributed by atoms with Gasteiger partial charge in [0, 0.05) is 18.0 Å². The molecular weight excluding hydrogens is 252 g/mol. The molecule has 2 atom stereocenters. The van der Waals surface area contributed by atoms with E-state index in [0.717, 1.165) is 5.65 Å². The van der Waals surface area contributed by atoms with Gasteiger partial charge in [-0.3, -0.25) is 9.20 Å². The summed E-state index contributed by atoms with van der Waals surface area (Å²) in [5.74, 6) is 0.721. The van der Waals surface area contributed by atoms with Gasteiger partial charge in [-0.15, -0.1) is 21.8 Å². The van der Waals surface area contributed by atoms with Gasteiger partial charge >= 0.3 is 0 Å². The Bertz CT molecular complexity index is 554. The topological polar surface area (TPSA) is 59.3 Å². The maximum Gasteiger partial charge on any atom is 0.224 e. The Kier molecular flexibility index (Phi) is 3.81. The van der Waals surface area contributed by atoms with Crippen LogP contribution in [0.2, 0.25) is 0 Å². The molecular formula is C12H15ClN4O. The van der Waals surface area contributed by atoms with Crippen LogP contribution in [0.1, 0.15) is 25.7 Å². The Balaban J connectivity index is 2.19. The van der Waals surface area contributed by atoms with Crippen LogP contribution in [-0.2, 0) is 4.79 Å². The summed E-state index contributed by atoms with van der Waals surface area (Å²) in [7, 11) is 0. The predicted molar refractivity (Wildman–Crippen MR) is 69.4 cm³/mol. The lowest BCUT2D eigenvalue weighted by Gasteiger charge is -2.14. The van der Waals surface area contributed by atoms with Crippen LogP contribution >= 0.6 is 11.6 Å². The molecule has 2 aromatic heterocycles. The summed E-state index contributed by atoms with van der Waals surface area (Å²) >= 11 is 5.66. The van der Waals surface area contributed by atoms with Gasteiger partial charge < -0.3 is 5.32 Å². The van der Waals surface area contributed by atoms with E-state index < -0.39 is 0 Å². The highest BCUT2D eigenvalue weighted by molar-refractivity contribution is 6.19. The van der Waals surface area contributed by atoms with Gasteiger partial charge in [0.05, 0.1) is 6.04 Å². The number of rotatable bonds is 4. The molecule has 18 heavy (non-hydrogen) atoms. The number of carbonyl (C=O) groups is 1. The highest BCUT2D eigenvalue weighted by atomic mass is 35.5. The lowest BCUT2D eigenvalue weighted by Crippen LogP contribution is -2.33. The molecule has 2 aromatic rings. The molecule has 1 N–H and O–H groups in total. The largest absolute Gasteiger partial charge is 0.346 e. The van der Waals surface area contributed by atoms with Gasteiger partial charge in [0.25, 0.3) is 0 Å². The number of nitrogens with one attached hydrogen (secondary N) is 1. The first-order chi connectivity index (χ1) is 8.63. The van der Waals surface area contributed by atoms with Gasteiger partial charge in [0.15, 0.2) is 11.5 Å². The summed E-state index contributed by atoms with van der Waals surface area (Å²) in [6.07, 6.45) is 1.87. The van der Waals surface area contributed by atoms with E-state index in [1.54, 1.807) is 6.92 Å². The van der Waals surface area contributed by atoms with Crippen molar-refractivity contribution in [2.24, 2.45) is 5.92 Å². The first-order valence-electron chi connectivity index (χ1n) is 5.79. The summed E-state index contributed by atoms with van der Waals surface area (Å²) in [5, 5.41) is 11.0. The summed E-state index contributed by atoms with van der Waals surface area (Å²) in [5.41, 5.74) is 0.763. The minimum atomic E-state index is -0.215. The lowest BCUT2D eigenvalue weighted by molar-refractivity contribution is -0.124. The molecule has 0 aliphatic carbocycles. The van der Waals surface area contributed by atoms with Gasteiger partial charge in [0.2, 0.25) is 5.91 Å². The average Bonchev–Trinajstić information content (AvgIpc) is 2.81. The highest BCUT2D eigenvalue weighted by Gasteiger charge is 2.18. The first-order valence-corrected chi connectivity index (χ1v) is 6.33. The normalized spacial score (nSPS) is 14.4. The second-order valence-electron chi connectivity index (χ2n) is 4.27. The van der Waals surface area contributed by atoms with Crippen LogP contribution in [0.15, 0.2) is 24.4 Å². The monoisotopic (exact) mass is 266 g/mol. The molecule has 2 rings (SSSR count). The van der Waals surface area contributed by atoms with E-state index in [1.807, 2.05) is 35.7 Å². The standard InChI is InChI=1S/C12H15ClN4O/c1-8(7-13)12(18)14-9(2)11-16-15-10-5-3-4-6-17(10)11/h3-6,8-9H,7H2,1-2H3,(H,14,18). The number of alkyl halides is 1. The zero-order chi connectivity index (χ0) is 13.1. The third kappa shape index (κ3) is 2.46. The Morgan fingerprint density at radius 2 is 2.22 bits per heavy atom. The molecule has 2 unspecified atom stereocenters. The van der Waals surface area contributed by atoms with E-state index in [-0.39, 0.29) is 17.9 Å². The highest BCUT2D eigenvalue weighted by Crippen LogP contribution is 2.12. The molecule has 6 heteroatoms. The smallest absolute Gasteiger partial charge is 0.224 e. The fourth-order valence-electron chi connectivity index (χ4n) is 1.65. The quantitative estimate of drug-likeness (QED) is 0.858.